The van der Waals surface area contributed by atoms with Crippen molar-refractivity contribution in [1.29, 1.82) is 0 Å². The Morgan fingerprint density at radius 1 is 0.875 bits per heavy atom. The van der Waals surface area contributed by atoms with Crippen molar-refractivity contribution in [2.45, 2.75) is 52.7 Å². The molecule has 0 aliphatic rings. The zero-order chi connectivity index (χ0) is 23.2. The van der Waals surface area contributed by atoms with Crippen LogP contribution in [0.4, 0.5) is 11.9 Å². The number of anilines is 2. The van der Waals surface area contributed by atoms with E-state index in [4.69, 9.17) is 14.2 Å². The van der Waals surface area contributed by atoms with Crippen LogP contribution in [0, 0.1) is 0 Å². The molecule has 9 nitrogen and oxygen atoms in total. The average Bonchev–Trinajstić information content (AvgIpc) is 2.81. The van der Waals surface area contributed by atoms with Crippen molar-refractivity contribution >= 4 is 11.9 Å². The molecule has 0 spiro atoms. The SMILES string of the molecule is CCCCOCN(COC)c1nc(-c2ccccc2)nc(N(COCCCC)C(C)O)n1. The molecule has 0 bridgehead atoms. The standard InChI is InChI=1S/C23H37N5O4/c1-5-7-14-31-17-27(16-30-4)22-24-21(20-12-10-9-11-13-20)25-23(26-22)28(19(3)29)18-32-15-8-6-2/h9-13,19,29H,5-8,14-18H2,1-4H3. The summed E-state index contributed by atoms with van der Waals surface area (Å²) in [5, 5.41) is 10.4. The topological polar surface area (TPSA) is 93.1 Å². The van der Waals surface area contributed by atoms with E-state index in [0.29, 0.717) is 30.9 Å². The maximum Gasteiger partial charge on any atom is 0.234 e. The molecule has 0 amide bonds. The predicted octanol–water partition coefficient (Wildman–Crippen LogP) is 3.64. The number of hydrogen-bond donors (Lipinski definition) is 1. The lowest BCUT2D eigenvalue weighted by Gasteiger charge is -2.27. The second-order valence-corrected chi connectivity index (χ2v) is 7.47. The maximum atomic E-state index is 10.4. The Hall–Kier alpha value is -2.33. The lowest BCUT2D eigenvalue weighted by Crippen LogP contribution is -2.38. The Morgan fingerprint density at radius 2 is 1.50 bits per heavy atom. The van der Waals surface area contributed by atoms with Crippen molar-refractivity contribution in [3.8, 4) is 11.4 Å². The van der Waals surface area contributed by atoms with Crippen LogP contribution in [-0.2, 0) is 14.2 Å². The molecule has 1 N–H and O–H groups in total. The number of nitrogens with zero attached hydrogens (tertiary/aromatic N) is 5. The predicted molar refractivity (Wildman–Crippen MR) is 125 cm³/mol. The van der Waals surface area contributed by atoms with Crippen molar-refractivity contribution < 1.29 is 19.3 Å². The highest BCUT2D eigenvalue weighted by molar-refractivity contribution is 5.58. The summed E-state index contributed by atoms with van der Waals surface area (Å²) in [5.41, 5.74) is 0.846. The molecular weight excluding hydrogens is 410 g/mol. The summed E-state index contributed by atoms with van der Waals surface area (Å²) in [6, 6.07) is 9.67. The minimum absolute atomic E-state index is 0.173. The summed E-state index contributed by atoms with van der Waals surface area (Å²) in [5.74, 6) is 1.24. The molecular formula is C23H37N5O4. The third-order valence-electron chi connectivity index (χ3n) is 4.68. The van der Waals surface area contributed by atoms with Crippen LogP contribution in [0.3, 0.4) is 0 Å². The van der Waals surface area contributed by atoms with Gasteiger partial charge in [-0.25, -0.2) is 0 Å². The van der Waals surface area contributed by atoms with Gasteiger partial charge in [-0.3, -0.25) is 9.80 Å². The largest absolute Gasteiger partial charge is 0.374 e. The number of methoxy groups -OCH3 is 1. The summed E-state index contributed by atoms with van der Waals surface area (Å²) in [7, 11) is 1.61. The lowest BCUT2D eigenvalue weighted by molar-refractivity contribution is 0.0882. The number of ether oxygens (including phenoxy) is 3. The van der Waals surface area contributed by atoms with Gasteiger partial charge >= 0.3 is 0 Å². The Kier molecular flexibility index (Phi) is 11.9. The van der Waals surface area contributed by atoms with Gasteiger partial charge in [-0.2, -0.15) is 15.0 Å². The molecule has 0 fully saturated rings. The molecule has 1 unspecified atom stereocenters. The normalized spacial score (nSPS) is 12.0. The first kappa shape index (κ1) is 25.9. The first-order valence-electron chi connectivity index (χ1n) is 11.3. The average molecular weight is 448 g/mol. The number of aliphatic hydroxyl groups is 1. The smallest absolute Gasteiger partial charge is 0.234 e. The van der Waals surface area contributed by atoms with Crippen LogP contribution >= 0.6 is 0 Å². The molecule has 0 radical (unpaired) electrons. The van der Waals surface area contributed by atoms with Crippen molar-refractivity contribution in [1.82, 2.24) is 15.0 Å². The third kappa shape index (κ3) is 8.31. The molecule has 2 rings (SSSR count). The molecule has 178 valence electrons. The molecule has 9 heteroatoms. The molecule has 1 heterocycles. The monoisotopic (exact) mass is 447 g/mol. The van der Waals surface area contributed by atoms with Gasteiger partial charge in [-0.05, 0) is 19.8 Å². The number of aromatic nitrogens is 3. The molecule has 1 atom stereocenters. The van der Waals surface area contributed by atoms with E-state index in [2.05, 4.69) is 28.8 Å². The van der Waals surface area contributed by atoms with Crippen molar-refractivity contribution in [2.24, 2.45) is 0 Å². The maximum absolute atomic E-state index is 10.4. The van der Waals surface area contributed by atoms with Gasteiger partial charge in [0, 0.05) is 25.9 Å². The van der Waals surface area contributed by atoms with E-state index in [-0.39, 0.29) is 20.2 Å². The lowest BCUT2D eigenvalue weighted by atomic mass is 10.2. The number of unbranched alkanes of at least 4 members (excludes halogenated alkanes) is 2. The van der Waals surface area contributed by atoms with Gasteiger partial charge in [0.25, 0.3) is 0 Å². The van der Waals surface area contributed by atoms with Crippen LogP contribution in [-0.4, -0.2) is 66.8 Å². The molecule has 1 aromatic carbocycles. The zero-order valence-corrected chi connectivity index (χ0v) is 19.7. The van der Waals surface area contributed by atoms with E-state index in [1.165, 1.54) is 0 Å². The van der Waals surface area contributed by atoms with Gasteiger partial charge < -0.3 is 19.3 Å². The number of benzene rings is 1. The van der Waals surface area contributed by atoms with Crippen LogP contribution in [0.15, 0.2) is 30.3 Å². The van der Waals surface area contributed by atoms with E-state index in [0.717, 1.165) is 31.2 Å². The summed E-state index contributed by atoms with van der Waals surface area (Å²) >= 11 is 0. The number of aliphatic hydroxyl groups excluding tert-OH is 1. The Bertz CT molecular complexity index is 763. The van der Waals surface area contributed by atoms with Gasteiger partial charge in [0.05, 0.1) is 0 Å². The fraction of sp³-hybridized carbons (Fsp3) is 0.609. The molecule has 0 saturated heterocycles. The number of hydrogen-bond acceptors (Lipinski definition) is 9. The van der Waals surface area contributed by atoms with E-state index in [1.807, 2.05) is 30.3 Å². The van der Waals surface area contributed by atoms with Crippen LogP contribution < -0.4 is 9.80 Å². The van der Waals surface area contributed by atoms with Crippen LogP contribution in [0.5, 0.6) is 0 Å². The van der Waals surface area contributed by atoms with Crippen molar-refractivity contribution in [3.63, 3.8) is 0 Å². The van der Waals surface area contributed by atoms with E-state index >= 15 is 0 Å². The molecule has 0 aliphatic carbocycles. The molecule has 1 aromatic heterocycles. The fourth-order valence-corrected chi connectivity index (χ4v) is 2.81. The summed E-state index contributed by atoms with van der Waals surface area (Å²) in [6.45, 7) is 7.84. The second kappa shape index (κ2) is 14.7. The summed E-state index contributed by atoms with van der Waals surface area (Å²) in [4.78, 5) is 17.3. The van der Waals surface area contributed by atoms with Crippen molar-refractivity contribution in [2.75, 3.05) is 50.3 Å². The van der Waals surface area contributed by atoms with E-state index in [1.54, 1.807) is 23.8 Å². The molecule has 0 saturated carbocycles. The van der Waals surface area contributed by atoms with E-state index < -0.39 is 6.23 Å². The summed E-state index contributed by atoms with van der Waals surface area (Å²) < 4.78 is 16.9. The van der Waals surface area contributed by atoms with E-state index in [9.17, 15) is 5.11 Å². The van der Waals surface area contributed by atoms with Crippen molar-refractivity contribution in [3.05, 3.63) is 30.3 Å². The minimum atomic E-state index is -0.841. The molecule has 2 aromatic rings. The van der Waals surface area contributed by atoms with Crippen LogP contribution in [0.1, 0.15) is 46.5 Å². The fourth-order valence-electron chi connectivity index (χ4n) is 2.81. The van der Waals surface area contributed by atoms with Gasteiger partial charge in [-0.15, -0.1) is 0 Å². The second-order valence-electron chi connectivity index (χ2n) is 7.47. The first-order chi connectivity index (χ1) is 15.6. The highest BCUT2D eigenvalue weighted by Gasteiger charge is 2.21. The zero-order valence-electron chi connectivity index (χ0n) is 19.7. The Labute approximate surface area is 191 Å². The van der Waals surface area contributed by atoms with Crippen LogP contribution in [0.2, 0.25) is 0 Å². The highest BCUT2D eigenvalue weighted by Crippen LogP contribution is 2.22. The molecule has 0 aliphatic heterocycles. The Balaban J connectivity index is 2.38. The summed E-state index contributed by atoms with van der Waals surface area (Å²) in [6.07, 6.45) is 3.17. The Morgan fingerprint density at radius 3 is 2.09 bits per heavy atom. The molecule has 32 heavy (non-hydrogen) atoms. The highest BCUT2D eigenvalue weighted by atomic mass is 16.5. The van der Waals surface area contributed by atoms with Gasteiger partial charge in [-0.1, -0.05) is 57.0 Å². The van der Waals surface area contributed by atoms with Gasteiger partial charge in [0.2, 0.25) is 11.9 Å². The van der Waals surface area contributed by atoms with Gasteiger partial charge in [0.15, 0.2) is 5.82 Å². The van der Waals surface area contributed by atoms with Gasteiger partial charge in [0.1, 0.15) is 26.4 Å². The third-order valence-corrected chi connectivity index (χ3v) is 4.68. The number of rotatable bonds is 16. The van der Waals surface area contributed by atoms with Crippen LogP contribution in [0.25, 0.3) is 11.4 Å². The first-order valence-corrected chi connectivity index (χ1v) is 11.3. The minimum Gasteiger partial charge on any atom is -0.374 e. The quantitative estimate of drug-likeness (QED) is 0.306.